The summed E-state index contributed by atoms with van der Waals surface area (Å²) in [5, 5.41) is 15.1. The van der Waals surface area contributed by atoms with E-state index in [1.54, 1.807) is 19.2 Å². The summed E-state index contributed by atoms with van der Waals surface area (Å²) in [4.78, 5) is 22.0. The summed E-state index contributed by atoms with van der Waals surface area (Å²) in [5.41, 5.74) is 0.378. The molecule has 0 saturated heterocycles. The highest BCUT2D eigenvalue weighted by Crippen LogP contribution is 1.94. The minimum absolute atomic E-state index is 0.0165. The summed E-state index contributed by atoms with van der Waals surface area (Å²) >= 11 is 0. The number of amides is 1. The van der Waals surface area contributed by atoms with Gasteiger partial charge < -0.3 is 10.4 Å². The topological polar surface area (TPSA) is 83.2 Å². The average Bonchev–Trinajstić information content (AvgIpc) is 2.36. The lowest BCUT2D eigenvalue weighted by Crippen LogP contribution is -2.39. The lowest BCUT2D eigenvalue weighted by molar-refractivity contribution is -0.753. The molecule has 1 unspecified atom stereocenters. The molecule has 2 N–H and O–H groups in total. The average molecular weight is 248 g/mol. The van der Waals surface area contributed by atoms with Crippen LogP contribution < -0.4 is 10.00 Å². The summed E-state index contributed by atoms with van der Waals surface area (Å²) in [6.45, 7) is 1.96. The van der Waals surface area contributed by atoms with Crippen molar-refractivity contribution in [2.24, 2.45) is 0 Å². The number of rotatable bonds is 5. The highest BCUT2D eigenvalue weighted by atomic mass is 16.4. The largest absolute Gasteiger partial charge is 0.481 e. The predicted molar refractivity (Wildman–Crippen MR) is 62.4 cm³/mol. The molecule has 6 nitrogen and oxygen atoms in total. The molecular weight excluding hydrogens is 234 g/mol. The summed E-state index contributed by atoms with van der Waals surface area (Å²) in [5.74, 6) is 1.19. The minimum Gasteiger partial charge on any atom is -0.481 e. The Hall–Kier alpha value is -2.42. The fourth-order valence-electron chi connectivity index (χ4n) is 1.18. The number of aliphatic carboxylic acids is 1. The van der Waals surface area contributed by atoms with E-state index < -0.39 is 5.97 Å². The van der Waals surface area contributed by atoms with E-state index in [9.17, 15) is 9.59 Å². The van der Waals surface area contributed by atoms with Gasteiger partial charge in [0.15, 0.2) is 12.7 Å². The molecular formula is C12H14N3O3+. The van der Waals surface area contributed by atoms with Crippen molar-refractivity contribution in [2.75, 3.05) is 0 Å². The first-order chi connectivity index (χ1) is 8.52. The van der Waals surface area contributed by atoms with Crippen LogP contribution in [-0.2, 0) is 11.3 Å². The highest BCUT2D eigenvalue weighted by molar-refractivity contribution is 5.94. The zero-order chi connectivity index (χ0) is 13.5. The van der Waals surface area contributed by atoms with Gasteiger partial charge in [-0.05, 0) is 12.0 Å². The second-order valence-corrected chi connectivity index (χ2v) is 3.68. The molecule has 0 aliphatic rings. The second kappa shape index (κ2) is 6.35. The lowest BCUT2D eigenvalue weighted by Gasteiger charge is -2.06. The molecule has 6 heteroatoms. The number of terminal acetylenes is 1. The number of aromatic nitrogens is 2. The molecule has 1 atom stereocenters. The number of nitrogens with one attached hydrogen (secondary N) is 1. The molecule has 1 aromatic heterocycles. The van der Waals surface area contributed by atoms with Crippen LogP contribution in [-0.4, -0.2) is 28.1 Å². The molecule has 94 valence electrons. The summed E-state index contributed by atoms with van der Waals surface area (Å²) in [6, 6.07) is 1.21. The molecule has 0 aromatic carbocycles. The van der Waals surface area contributed by atoms with Crippen molar-refractivity contribution in [1.29, 1.82) is 0 Å². The summed E-state index contributed by atoms with van der Waals surface area (Å²) in [7, 11) is 0. The standard InChI is InChI=1S/C12H13N3O3/c1-3-9(2)14-12(18)10-4-6-15(13-8-10)7-5-11(16)17/h1,4,6,8-9H,5,7H2,2H3,(H-,14,16,17,18)/p+1. The number of carboxylic acid groups (broad SMARTS) is 1. The Balaban J connectivity index is 2.62. The van der Waals surface area contributed by atoms with Gasteiger partial charge in [0.2, 0.25) is 0 Å². The van der Waals surface area contributed by atoms with Crippen LogP contribution in [0, 0.1) is 12.3 Å². The van der Waals surface area contributed by atoms with Crippen molar-refractivity contribution in [3.8, 4) is 12.3 Å². The summed E-state index contributed by atoms with van der Waals surface area (Å²) < 4.78 is 1.45. The zero-order valence-electron chi connectivity index (χ0n) is 9.96. The first-order valence-corrected chi connectivity index (χ1v) is 5.37. The minimum atomic E-state index is -0.894. The summed E-state index contributed by atoms with van der Waals surface area (Å²) in [6.07, 6.45) is 8.06. The number of hydrogen-bond donors (Lipinski definition) is 2. The third kappa shape index (κ3) is 4.22. The fourth-order valence-corrected chi connectivity index (χ4v) is 1.18. The quantitative estimate of drug-likeness (QED) is 0.548. The maximum absolute atomic E-state index is 11.6. The first kappa shape index (κ1) is 13.6. The molecule has 0 aliphatic carbocycles. The van der Waals surface area contributed by atoms with E-state index in [4.69, 9.17) is 11.5 Å². The molecule has 1 amide bonds. The molecule has 0 fully saturated rings. The van der Waals surface area contributed by atoms with Crippen LogP contribution in [0.2, 0.25) is 0 Å². The molecule has 1 aromatic rings. The number of aryl methyl sites for hydroxylation is 1. The van der Waals surface area contributed by atoms with Crippen LogP contribution in [0.1, 0.15) is 23.7 Å². The van der Waals surface area contributed by atoms with E-state index in [0.29, 0.717) is 5.56 Å². The Morgan fingerprint density at radius 1 is 1.67 bits per heavy atom. The van der Waals surface area contributed by atoms with Crippen LogP contribution in [0.15, 0.2) is 18.5 Å². The van der Waals surface area contributed by atoms with Gasteiger partial charge in [-0.25, -0.2) is 0 Å². The number of carbonyl (C=O) groups excluding carboxylic acids is 1. The number of nitrogens with zero attached hydrogens (tertiary/aromatic N) is 2. The molecule has 1 rings (SSSR count). The number of hydrogen-bond acceptors (Lipinski definition) is 3. The van der Waals surface area contributed by atoms with Crippen LogP contribution >= 0.6 is 0 Å². The zero-order valence-corrected chi connectivity index (χ0v) is 9.96. The van der Waals surface area contributed by atoms with Crippen molar-refractivity contribution in [1.82, 2.24) is 10.4 Å². The second-order valence-electron chi connectivity index (χ2n) is 3.68. The van der Waals surface area contributed by atoms with E-state index in [1.165, 1.54) is 10.9 Å². The van der Waals surface area contributed by atoms with Gasteiger partial charge in [-0.2, -0.15) is 0 Å². The maximum atomic E-state index is 11.6. The highest BCUT2D eigenvalue weighted by Gasteiger charge is 2.11. The Labute approximate surface area is 105 Å². The SMILES string of the molecule is C#CC(C)NC(=O)c1cc[n+](CCC(=O)O)nc1. The third-order valence-corrected chi connectivity index (χ3v) is 2.19. The molecule has 18 heavy (non-hydrogen) atoms. The van der Waals surface area contributed by atoms with Crippen molar-refractivity contribution in [3.05, 3.63) is 24.0 Å². The molecule has 0 aliphatic heterocycles. The molecule has 0 bridgehead atoms. The molecule has 0 saturated carbocycles. The van der Waals surface area contributed by atoms with Gasteiger partial charge in [0, 0.05) is 6.07 Å². The molecule has 0 spiro atoms. The van der Waals surface area contributed by atoms with Crippen LogP contribution in [0.25, 0.3) is 0 Å². The fraction of sp³-hybridized carbons (Fsp3) is 0.333. The van der Waals surface area contributed by atoms with Gasteiger partial charge in [0.25, 0.3) is 5.91 Å². The lowest BCUT2D eigenvalue weighted by atomic mass is 10.2. The number of carbonyl (C=O) groups is 2. The van der Waals surface area contributed by atoms with Crippen LogP contribution in [0.5, 0.6) is 0 Å². The van der Waals surface area contributed by atoms with E-state index >= 15 is 0 Å². The van der Waals surface area contributed by atoms with Gasteiger partial charge in [-0.3, -0.25) is 9.59 Å². The van der Waals surface area contributed by atoms with Gasteiger partial charge >= 0.3 is 5.97 Å². The Bertz CT molecular complexity index is 476. The van der Waals surface area contributed by atoms with Gasteiger partial charge in [0.1, 0.15) is 12.6 Å². The monoisotopic (exact) mass is 248 g/mol. The molecule has 0 radical (unpaired) electrons. The smallest absolute Gasteiger partial charge is 0.309 e. The van der Waals surface area contributed by atoms with Crippen molar-refractivity contribution in [2.45, 2.75) is 25.9 Å². The van der Waals surface area contributed by atoms with E-state index in [2.05, 4.69) is 16.3 Å². The normalized spacial score (nSPS) is 11.3. The Morgan fingerprint density at radius 2 is 2.39 bits per heavy atom. The van der Waals surface area contributed by atoms with E-state index in [1.807, 2.05) is 0 Å². The van der Waals surface area contributed by atoms with Crippen LogP contribution in [0.3, 0.4) is 0 Å². The van der Waals surface area contributed by atoms with Crippen molar-refractivity contribution < 1.29 is 19.4 Å². The maximum Gasteiger partial charge on any atom is 0.309 e. The van der Waals surface area contributed by atoms with Crippen LogP contribution in [0.4, 0.5) is 0 Å². The van der Waals surface area contributed by atoms with Crippen molar-refractivity contribution >= 4 is 11.9 Å². The first-order valence-electron chi connectivity index (χ1n) is 5.37. The van der Waals surface area contributed by atoms with Gasteiger partial charge in [-0.15, -0.1) is 6.42 Å². The van der Waals surface area contributed by atoms with Gasteiger partial charge in [-0.1, -0.05) is 10.6 Å². The van der Waals surface area contributed by atoms with Crippen molar-refractivity contribution in [3.63, 3.8) is 0 Å². The van der Waals surface area contributed by atoms with Gasteiger partial charge in [0.05, 0.1) is 11.6 Å². The Kier molecular flexibility index (Phi) is 4.81. The Morgan fingerprint density at radius 3 is 2.89 bits per heavy atom. The molecule has 1 heterocycles. The third-order valence-electron chi connectivity index (χ3n) is 2.19. The van der Waals surface area contributed by atoms with E-state index in [-0.39, 0.29) is 24.9 Å². The predicted octanol–water partition coefficient (Wildman–Crippen LogP) is -0.405. The number of carboxylic acids is 1. The van der Waals surface area contributed by atoms with E-state index in [0.717, 1.165) is 0 Å².